The van der Waals surface area contributed by atoms with Gasteiger partial charge in [-0.15, -0.1) is 0 Å². The normalized spacial score (nSPS) is 14.1. The van der Waals surface area contributed by atoms with Crippen LogP contribution in [0.3, 0.4) is 0 Å². The maximum atomic E-state index is 5.67. The third kappa shape index (κ3) is 6.56. The molecule has 0 radical (unpaired) electrons. The van der Waals surface area contributed by atoms with Gasteiger partial charge in [0.1, 0.15) is 5.75 Å². The number of aliphatic imine (C=N–C) groups is 1. The largest absolute Gasteiger partial charge is 0.497 e. The highest BCUT2D eigenvalue weighted by Gasteiger charge is 2.20. The van der Waals surface area contributed by atoms with Crippen LogP contribution in [-0.2, 0) is 11.3 Å². The number of rotatable bonds is 11. The van der Waals surface area contributed by atoms with Crippen molar-refractivity contribution in [3.8, 4) is 11.4 Å². The van der Waals surface area contributed by atoms with E-state index in [0.29, 0.717) is 6.54 Å². The highest BCUT2D eigenvalue weighted by atomic mass is 16.5. The fourth-order valence-electron chi connectivity index (χ4n) is 2.74. The van der Waals surface area contributed by atoms with Crippen molar-refractivity contribution in [2.24, 2.45) is 10.9 Å². The van der Waals surface area contributed by atoms with Crippen molar-refractivity contribution in [3.63, 3.8) is 0 Å². The predicted molar refractivity (Wildman–Crippen MR) is 111 cm³/mol. The molecule has 0 bridgehead atoms. The zero-order valence-electron chi connectivity index (χ0n) is 16.9. The maximum absolute atomic E-state index is 5.67. The van der Waals surface area contributed by atoms with Gasteiger partial charge in [0.25, 0.3) is 0 Å². The Labute approximate surface area is 167 Å². The lowest BCUT2D eigenvalue weighted by Gasteiger charge is -2.11. The molecule has 7 heteroatoms. The van der Waals surface area contributed by atoms with Gasteiger partial charge in [-0.3, -0.25) is 0 Å². The summed E-state index contributed by atoms with van der Waals surface area (Å²) in [4.78, 5) is 4.63. The average molecular weight is 386 g/mol. The first kappa shape index (κ1) is 20.2. The standard InChI is InChI=1S/C21H31N5O2/c1-3-22-21(23-12-4-14-28-16-17-5-6-17)24-15-18-11-13-26(25-18)19-7-9-20(27-2)10-8-19/h7-11,13,17H,3-6,12,14-16H2,1-2H3,(H2,22,23,24). The molecule has 1 saturated carbocycles. The van der Waals surface area contributed by atoms with Crippen LogP contribution < -0.4 is 15.4 Å². The van der Waals surface area contributed by atoms with Gasteiger partial charge in [0, 0.05) is 32.5 Å². The molecule has 152 valence electrons. The molecular formula is C21H31N5O2. The number of nitrogens with one attached hydrogen (secondary N) is 2. The number of nitrogens with zero attached hydrogens (tertiary/aromatic N) is 3. The summed E-state index contributed by atoms with van der Waals surface area (Å²) in [5, 5.41) is 11.2. The van der Waals surface area contributed by atoms with E-state index in [1.807, 2.05) is 41.2 Å². The summed E-state index contributed by atoms with van der Waals surface area (Å²) >= 11 is 0. The lowest BCUT2D eigenvalue weighted by Crippen LogP contribution is -2.38. The quantitative estimate of drug-likeness (QED) is 0.354. The molecule has 28 heavy (non-hydrogen) atoms. The van der Waals surface area contributed by atoms with E-state index in [1.54, 1.807) is 7.11 Å². The fraction of sp³-hybridized carbons (Fsp3) is 0.524. The zero-order chi connectivity index (χ0) is 19.6. The van der Waals surface area contributed by atoms with E-state index in [1.165, 1.54) is 12.8 Å². The van der Waals surface area contributed by atoms with E-state index in [-0.39, 0.29) is 0 Å². The van der Waals surface area contributed by atoms with E-state index in [9.17, 15) is 0 Å². The van der Waals surface area contributed by atoms with Gasteiger partial charge in [0.2, 0.25) is 0 Å². The van der Waals surface area contributed by atoms with E-state index in [4.69, 9.17) is 9.47 Å². The van der Waals surface area contributed by atoms with Gasteiger partial charge in [-0.1, -0.05) is 0 Å². The minimum absolute atomic E-state index is 0.524. The van der Waals surface area contributed by atoms with Gasteiger partial charge in [-0.25, -0.2) is 9.67 Å². The van der Waals surface area contributed by atoms with Crippen molar-refractivity contribution in [1.82, 2.24) is 20.4 Å². The third-order valence-corrected chi connectivity index (χ3v) is 4.53. The summed E-state index contributed by atoms with van der Waals surface area (Å²) < 4.78 is 12.7. The molecule has 0 spiro atoms. The summed E-state index contributed by atoms with van der Waals surface area (Å²) in [6.45, 7) is 5.98. The molecular weight excluding hydrogens is 354 g/mol. The topological polar surface area (TPSA) is 72.7 Å². The summed E-state index contributed by atoms with van der Waals surface area (Å²) in [6, 6.07) is 9.81. The molecule has 1 aliphatic carbocycles. The SMILES string of the molecule is CCNC(=NCc1ccn(-c2ccc(OC)cc2)n1)NCCCOCC1CC1. The molecule has 0 atom stereocenters. The lowest BCUT2D eigenvalue weighted by molar-refractivity contribution is 0.123. The van der Waals surface area contributed by atoms with E-state index >= 15 is 0 Å². The molecule has 0 unspecified atom stereocenters. The van der Waals surface area contributed by atoms with Crippen LogP contribution in [0.1, 0.15) is 31.9 Å². The zero-order valence-corrected chi connectivity index (χ0v) is 16.9. The van der Waals surface area contributed by atoms with Crippen molar-refractivity contribution in [3.05, 3.63) is 42.2 Å². The number of aromatic nitrogens is 2. The monoisotopic (exact) mass is 385 g/mol. The van der Waals surface area contributed by atoms with Crippen LogP contribution in [-0.4, -0.2) is 49.2 Å². The van der Waals surface area contributed by atoms with Crippen LogP contribution in [0, 0.1) is 5.92 Å². The molecule has 1 aromatic carbocycles. The molecule has 7 nitrogen and oxygen atoms in total. The summed E-state index contributed by atoms with van der Waals surface area (Å²) in [6.07, 6.45) is 5.60. The Bertz CT molecular complexity index is 738. The van der Waals surface area contributed by atoms with E-state index < -0.39 is 0 Å². The highest BCUT2D eigenvalue weighted by Crippen LogP contribution is 2.28. The molecule has 1 heterocycles. The van der Waals surface area contributed by atoms with Crippen molar-refractivity contribution in [2.75, 3.05) is 33.4 Å². The van der Waals surface area contributed by atoms with Crippen LogP contribution in [0.4, 0.5) is 0 Å². The number of hydrogen-bond acceptors (Lipinski definition) is 4. The molecule has 1 fully saturated rings. The Morgan fingerprint density at radius 2 is 2.04 bits per heavy atom. The third-order valence-electron chi connectivity index (χ3n) is 4.53. The molecule has 1 aliphatic rings. The molecule has 0 saturated heterocycles. The molecule has 3 rings (SSSR count). The number of ether oxygens (including phenoxy) is 2. The second kappa shape index (κ2) is 10.7. The number of guanidine groups is 1. The van der Waals surface area contributed by atoms with Gasteiger partial charge in [-0.2, -0.15) is 5.10 Å². The van der Waals surface area contributed by atoms with Crippen molar-refractivity contribution < 1.29 is 9.47 Å². The Morgan fingerprint density at radius 1 is 1.21 bits per heavy atom. The Kier molecular flexibility index (Phi) is 7.72. The first-order chi connectivity index (χ1) is 13.8. The number of benzene rings is 1. The first-order valence-corrected chi connectivity index (χ1v) is 10.1. The molecule has 1 aromatic heterocycles. The van der Waals surface area contributed by atoms with Gasteiger partial charge < -0.3 is 20.1 Å². The molecule has 0 aliphatic heterocycles. The first-order valence-electron chi connectivity index (χ1n) is 10.1. The Hall–Kier alpha value is -2.54. The van der Waals surface area contributed by atoms with Crippen LogP contribution in [0.15, 0.2) is 41.5 Å². The summed E-state index contributed by atoms with van der Waals surface area (Å²) in [5.41, 5.74) is 1.91. The predicted octanol–water partition coefficient (Wildman–Crippen LogP) is 2.75. The molecule has 2 N–H and O–H groups in total. The maximum Gasteiger partial charge on any atom is 0.191 e. The second-order valence-corrected chi connectivity index (χ2v) is 6.94. The van der Waals surface area contributed by atoms with E-state index in [0.717, 1.165) is 61.7 Å². The van der Waals surface area contributed by atoms with Gasteiger partial charge in [0.05, 0.1) is 25.0 Å². The van der Waals surface area contributed by atoms with Crippen molar-refractivity contribution in [1.29, 1.82) is 0 Å². The van der Waals surface area contributed by atoms with Crippen LogP contribution in [0.25, 0.3) is 5.69 Å². The average Bonchev–Trinajstić information content (AvgIpc) is 3.43. The smallest absolute Gasteiger partial charge is 0.191 e. The summed E-state index contributed by atoms with van der Waals surface area (Å²) in [5.74, 6) is 2.47. The molecule has 2 aromatic rings. The number of hydrogen-bond donors (Lipinski definition) is 2. The number of methoxy groups -OCH3 is 1. The molecule has 0 amide bonds. The summed E-state index contributed by atoms with van der Waals surface area (Å²) in [7, 11) is 1.66. The minimum Gasteiger partial charge on any atom is -0.497 e. The highest BCUT2D eigenvalue weighted by molar-refractivity contribution is 5.79. The Balaban J connectivity index is 1.45. The lowest BCUT2D eigenvalue weighted by atomic mass is 10.3. The van der Waals surface area contributed by atoms with Crippen LogP contribution in [0.5, 0.6) is 5.75 Å². The van der Waals surface area contributed by atoms with Crippen LogP contribution in [0.2, 0.25) is 0 Å². The Morgan fingerprint density at radius 3 is 2.75 bits per heavy atom. The second-order valence-electron chi connectivity index (χ2n) is 6.94. The van der Waals surface area contributed by atoms with E-state index in [2.05, 4.69) is 27.6 Å². The van der Waals surface area contributed by atoms with Crippen molar-refractivity contribution in [2.45, 2.75) is 32.7 Å². The van der Waals surface area contributed by atoms with Gasteiger partial charge >= 0.3 is 0 Å². The van der Waals surface area contributed by atoms with Crippen molar-refractivity contribution >= 4 is 5.96 Å². The van der Waals surface area contributed by atoms with Gasteiger partial charge in [0.15, 0.2) is 5.96 Å². The van der Waals surface area contributed by atoms with Gasteiger partial charge in [-0.05, 0) is 62.4 Å². The minimum atomic E-state index is 0.524. The fourth-order valence-corrected chi connectivity index (χ4v) is 2.74. The van der Waals surface area contributed by atoms with Crippen LogP contribution >= 0.6 is 0 Å².